The zero-order valence-corrected chi connectivity index (χ0v) is 17.6. The number of aryl methyl sites for hydroxylation is 1. The van der Waals surface area contributed by atoms with Gasteiger partial charge in [0.15, 0.2) is 0 Å². The van der Waals surface area contributed by atoms with Crippen LogP contribution < -0.4 is 0 Å². The standard InChI is InChI=1S/C18H29N5O4S/c1-4-22(5-2)28(25,26)23-8-6-7-16(23)17-15(13-19-14(3)20-17)18(24)21-9-11-27-12-10-21/h13,16H,4-12H2,1-3H3/t16-/m0/s1. The first-order valence-electron chi connectivity index (χ1n) is 9.87. The van der Waals surface area contributed by atoms with E-state index in [1.54, 1.807) is 11.8 Å². The van der Waals surface area contributed by atoms with E-state index in [9.17, 15) is 13.2 Å². The van der Waals surface area contributed by atoms with E-state index < -0.39 is 16.3 Å². The molecule has 0 aromatic carbocycles. The van der Waals surface area contributed by atoms with Crippen molar-refractivity contribution < 1.29 is 17.9 Å². The minimum absolute atomic E-state index is 0.162. The van der Waals surface area contributed by atoms with Crippen LogP contribution >= 0.6 is 0 Å². The highest BCUT2D eigenvalue weighted by Gasteiger charge is 2.40. The van der Waals surface area contributed by atoms with Crippen LogP contribution in [0, 0.1) is 6.92 Å². The first-order valence-corrected chi connectivity index (χ1v) is 11.3. The molecule has 0 aliphatic carbocycles. The predicted molar refractivity (Wildman–Crippen MR) is 104 cm³/mol. The highest BCUT2D eigenvalue weighted by Crippen LogP contribution is 2.36. The topological polar surface area (TPSA) is 95.9 Å². The van der Waals surface area contributed by atoms with Crippen molar-refractivity contribution in [2.75, 3.05) is 45.9 Å². The Kier molecular flexibility index (Phi) is 6.64. The fraction of sp³-hybridized carbons (Fsp3) is 0.722. The Bertz CT molecular complexity index is 806. The summed E-state index contributed by atoms with van der Waals surface area (Å²) in [5.74, 6) is 0.367. The fourth-order valence-electron chi connectivity index (χ4n) is 3.83. The number of aromatic nitrogens is 2. The summed E-state index contributed by atoms with van der Waals surface area (Å²) in [5.41, 5.74) is 0.899. The number of carbonyl (C=O) groups excluding carboxylic acids is 1. The average molecular weight is 412 g/mol. The first kappa shape index (κ1) is 21.1. The third-order valence-electron chi connectivity index (χ3n) is 5.31. The van der Waals surface area contributed by atoms with Gasteiger partial charge in [0, 0.05) is 38.9 Å². The van der Waals surface area contributed by atoms with Crippen LogP contribution in [0.1, 0.15) is 54.6 Å². The van der Waals surface area contributed by atoms with Crippen LogP contribution in [0.5, 0.6) is 0 Å². The van der Waals surface area contributed by atoms with Gasteiger partial charge in [-0.25, -0.2) is 9.97 Å². The highest BCUT2D eigenvalue weighted by molar-refractivity contribution is 7.86. The Morgan fingerprint density at radius 3 is 2.57 bits per heavy atom. The summed E-state index contributed by atoms with van der Waals surface area (Å²) in [4.78, 5) is 23.6. The summed E-state index contributed by atoms with van der Waals surface area (Å²) in [7, 11) is -3.62. The maximum Gasteiger partial charge on any atom is 0.282 e. The molecule has 28 heavy (non-hydrogen) atoms. The molecule has 1 aromatic rings. The molecule has 2 saturated heterocycles. The maximum absolute atomic E-state index is 13.1. The van der Waals surface area contributed by atoms with Crippen LogP contribution in [-0.2, 0) is 14.9 Å². The van der Waals surface area contributed by atoms with E-state index >= 15 is 0 Å². The normalized spacial score (nSPS) is 21.4. The molecule has 2 fully saturated rings. The summed E-state index contributed by atoms with van der Waals surface area (Å²) < 4.78 is 34.6. The van der Waals surface area contributed by atoms with Crippen molar-refractivity contribution in [1.29, 1.82) is 0 Å². The third kappa shape index (κ3) is 4.05. The Balaban J connectivity index is 1.97. The number of morpholine rings is 1. The number of nitrogens with zero attached hydrogens (tertiary/aromatic N) is 5. The molecule has 1 aromatic heterocycles. The molecule has 3 rings (SSSR count). The summed E-state index contributed by atoms with van der Waals surface area (Å²) in [5, 5.41) is 0. The molecule has 0 bridgehead atoms. The van der Waals surface area contributed by atoms with Crippen LogP contribution in [0.3, 0.4) is 0 Å². The van der Waals surface area contributed by atoms with Crippen LogP contribution in [0.2, 0.25) is 0 Å². The Morgan fingerprint density at radius 2 is 1.93 bits per heavy atom. The second-order valence-electron chi connectivity index (χ2n) is 6.98. The molecule has 0 spiro atoms. The first-order chi connectivity index (χ1) is 13.4. The van der Waals surface area contributed by atoms with Crippen molar-refractivity contribution in [3.63, 3.8) is 0 Å². The molecule has 2 aliphatic heterocycles. The molecule has 3 heterocycles. The smallest absolute Gasteiger partial charge is 0.282 e. The largest absolute Gasteiger partial charge is 0.378 e. The summed E-state index contributed by atoms with van der Waals surface area (Å²) in [6.45, 7) is 8.68. The number of hydrogen-bond acceptors (Lipinski definition) is 6. The van der Waals surface area contributed by atoms with Gasteiger partial charge < -0.3 is 9.64 Å². The number of carbonyl (C=O) groups is 1. The Labute approximate surface area is 166 Å². The van der Waals surface area contributed by atoms with E-state index in [2.05, 4.69) is 9.97 Å². The Morgan fingerprint density at radius 1 is 1.25 bits per heavy atom. The van der Waals surface area contributed by atoms with E-state index in [4.69, 9.17) is 4.74 Å². The van der Waals surface area contributed by atoms with E-state index in [1.807, 2.05) is 13.8 Å². The number of rotatable bonds is 6. The zero-order chi connectivity index (χ0) is 20.3. The van der Waals surface area contributed by atoms with Crippen molar-refractivity contribution in [2.45, 2.75) is 39.7 Å². The van der Waals surface area contributed by atoms with Gasteiger partial charge >= 0.3 is 0 Å². The van der Waals surface area contributed by atoms with Gasteiger partial charge in [-0.05, 0) is 19.8 Å². The summed E-state index contributed by atoms with van der Waals surface area (Å²) in [6, 6.07) is -0.452. The summed E-state index contributed by atoms with van der Waals surface area (Å²) >= 11 is 0. The molecule has 0 unspecified atom stereocenters. The number of amides is 1. The van der Waals surface area contributed by atoms with Crippen LogP contribution in [0.15, 0.2) is 6.20 Å². The lowest BCUT2D eigenvalue weighted by molar-refractivity contribution is 0.0300. The lowest BCUT2D eigenvalue weighted by Crippen LogP contribution is -2.44. The molecule has 0 saturated carbocycles. The molecule has 10 heteroatoms. The van der Waals surface area contributed by atoms with Gasteiger partial charge in [-0.3, -0.25) is 4.79 Å². The van der Waals surface area contributed by atoms with Gasteiger partial charge in [0.1, 0.15) is 5.82 Å². The molecule has 0 radical (unpaired) electrons. The average Bonchev–Trinajstić information content (AvgIpc) is 3.19. The van der Waals surface area contributed by atoms with E-state index in [0.717, 1.165) is 6.42 Å². The lowest BCUT2D eigenvalue weighted by Gasteiger charge is -2.31. The van der Waals surface area contributed by atoms with Crippen LogP contribution in [0.4, 0.5) is 0 Å². The van der Waals surface area contributed by atoms with Crippen molar-refractivity contribution in [1.82, 2.24) is 23.5 Å². The third-order valence-corrected chi connectivity index (χ3v) is 7.51. The van der Waals surface area contributed by atoms with Gasteiger partial charge in [0.05, 0.1) is 30.5 Å². The minimum atomic E-state index is -3.62. The van der Waals surface area contributed by atoms with Gasteiger partial charge in [-0.15, -0.1) is 0 Å². The quantitative estimate of drug-likeness (QED) is 0.692. The predicted octanol–water partition coefficient (Wildman–Crippen LogP) is 0.981. The molecular weight excluding hydrogens is 382 g/mol. The lowest BCUT2D eigenvalue weighted by atomic mass is 10.1. The van der Waals surface area contributed by atoms with E-state index in [0.29, 0.717) is 69.4 Å². The minimum Gasteiger partial charge on any atom is -0.378 e. The number of hydrogen-bond donors (Lipinski definition) is 0. The van der Waals surface area contributed by atoms with Crippen LogP contribution in [0.25, 0.3) is 0 Å². The number of ether oxygens (including phenoxy) is 1. The van der Waals surface area contributed by atoms with Crippen LogP contribution in [-0.4, -0.2) is 83.7 Å². The van der Waals surface area contributed by atoms with Crippen molar-refractivity contribution >= 4 is 16.1 Å². The molecule has 9 nitrogen and oxygen atoms in total. The van der Waals surface area contributed by atoms with Gasteiger partial charge in [0.2, 0.25) is 0 Å². The molecule has 1 amide bonds. The Hall–Kier alpha value is -1.62. The zero-order valence-electron chi connectivity index (χ0n) is 16.8. The molecule has 1 atom stereocenters. The molecule has 156 valence electrons. The van der Waals surface area contributed by atoms with Crippen molar-refractivity contribution in [3.8, 4) is 0 Å². The molecule has 0 N–H and O–H groups in total. The monoisotopic (exact) mass is 411 g/mol. The SMILES string of the molecule is CCN(CC)S(=O)(=O)N1CCC[C@H]1c1nc(C)ncc1C(=O)N1CCOCC1. The maximum atomic E-state index is 13.1. The summed E-state index contributed by atoms with van der Waals surface area (Å²) in [6.07, 6.45) is 2.91. The second-order valence-corrected chi connectivity index (χ2v) is 8.86. The second kappa shape index (κ2) is 8.81. The molecular formula is C18H29N5O4S. The van der Waals surface area contributed by atoms with Gasteiger partial charge in [-0.2, -0.15) is 17.0 Å². The fourth-order valence-corrected chi connectivity index (χ4v) is 5.67. The van der Waals surface area contributed by atoms with Gasteiger partial charge in [-0.1, -0.05) is 13.8 Å². The van der Waals surface area contributed by atoms with E-state index in [1.165, 1.54) is 14.8 Å². The molecule has 2 aliphatic rings. The van der Waals surface area contributed by atoms with E-state index in [-0.39, 0.29) is 5.91 Å². The van der Waals surface area contributed by atoms with Gasteiger partial charge in [0.25, 0.3) is 16.1 Å². The van der Waals surface area contributed by atoms with Crippen molar-refractivity contribution in [3.05, 3.63) is 23.3 Å². The van der Waals surface area contributed by atoms with Crippen molar-refractivity contribution in [2.24, 2.45) is 0 Å². The highest BCUT2D eigenvalue weighted by atomic mass is 32.2.